The number of guanidine groups is 1. The second-order valence-electron chi connectivity index (χ2n) is 6.79. The van der Waals surface area contributed by atoms with E-state index in [2.05, 4.69) is 27.5 Å². The summed E-state index contributed by atoms with van der Waals surface area (Å²) in [5.74, 6) is 6.12. The molecular formula is C20H27F3N4O2S. The predicted octanol–water partition coefficient (Wildman–Crippen LogP) is 2.43. The molecule has 1 aromatic rings. The second-order valence-corrected chi connectivity index (χ2v) is 9.05. The first-order chi connectivity index (χ1) is 14.2. The minimum absolute atomic E-state index is 0.0857. The number of aliphatic imine (C=N–C) groups is 1. The van der Waals surface area contributed by atoms with Crippen LogP contribution in [0, 0.1) is 11.8 Å². The Hall–Kier alpha value is -2.25. The molecular weight excluding hydrogens is 417 g/mol. The lowest BCUT2D eigenvalue weighted by Gasteiger charge is -2.32. The van der Waals surface area contributed by atoms with E-state index in [1.165, 1.54) is 16.4 Å². The Balaban J connectivity index is 1.94. The van der Waals surface area contributed by atoms with Crippen LogP contribution in [-0.4, -0.2) is 56.7 Å². The highest BCUT2D eigenvalue weighted by Gasteiger charge is 2.30. The molecule has 6 nitrogen and oxygen atoms in total. The smallest absolute Gasteiger partial charge is 0.357 e. The minimum atomic E-state index is -4.40. The van der Waals surface area contributed by atoms with Gasteiger partial charge in [0.1, 0.15) is 6.54 Å². The van der Waals surface area contributed by atoms with Gasteiger partial charge in [0, 0.05) is 31.2 Å². The Bertz CT molecular complexity index is 897. The van der Waals surface area contributed by atoms with Gasteiger partial charge in [-0.2, -0.15) is 13.2 Å². The summed E-state index contributed by atoms with van der Waals surface area (Å²) in [6.07, 6.45) is -3.07. The maximum absolute atomic E-state index is 12.8. The molecule has 2 N–H and O–H groups in total. The molecule has 0 atom stereocenters. The van der Waals surface area contributed by atoms with Crippen molar-refractivity contribution in [3.8, 4) is 11.8 Å². The van der Waals surface area contributed by atoms with Gasteiger partial charge in [-0.15, -0.1) is 0 Å². The summed E-state index contributed by atoms with van der Waals surface area (Å²) in [7, 11) is -3.17. The summed E-state index contributed by atoms with van der Waals surface area (Å²) >= 11 is 0. The first-order valence-electron chi connectivity index (χ1n) is 9.84. The normalized spacial score (nSPS) is 16.6. The van der Waals surface area contributed by atoms with Crippen LogP contribution in [0.4, 0.5) is 13.2 Å². The van der Waals surface area contributed by atoms with Crippen LogP contribution in [0.5, 0.6) is 0 Å². The number of alkyl halides is 3. The number of hydrogen-bond donors (Lipinski definition) is 2. The summed E-state index contributed by atoms with van der Waals surface area (Å²) in [6.45, 7) is 5.23. The van der Waals surface area contributed by atoms with Crippen LogP contribution in [0.15, 0.2) is 29.3 Å². The fourth-order valence-corrected chi connectivity index (χ4v) is 4.14. The van der Waals surface area contributed by atoms with Crippen molar-refractivity contribution in [2.24, 2.45) is 4.99 Å². The highest BCUT2D eigenvalue weighted by molar-refractivity contribution is 7.89. The van der Waals surface area contributed by atoms with Crippen LogP contribution in [0.1, 0.15) is 37.8 Å². The minimum Gasteiger partial charge on any atom is -0.357 e. The van der Waals surface area contributed by atoms with Gasteiger partial charge in [-0.1, -0.05) is 17.9 Å². The summed E-state index contributed by atoms with van der Waals surface area (Å²) in [6, 6.07) is 4.95. The number of benzene rings is 1. The monoisotopic (exact) mass is 444 g/mol. The van der Waals surface area contributed by atoms with Crippen LogP contribution in [0.2, 0.25) is 0 Å². The number of hydrogen-bond acceptors (Lipinski definition) is 3. The lowest BCUT2D eigenvalue weighted by Crippen LogP contribution is -2.50. The molecule has 10 heteroatoms. The van der Waals surface area contributed by atoms with Gasteiger partial charge in [-0.3, -0.25) is 0 Å². The molecule has 30 heavy (non-hydrogen) atoms. The third-order valence-corrected chi connectivity index (χ3v) is 6.52. The van der Waals surface area contributed by atoms with E-state index in [1.54, 1.807) is 6.92 Å². The van der Waals surface area contributed by atoms with Crippen molar-refractivity contribution in [2.45, 2.75) is 38.9 Å². The zero-order chi connectivity index (χ0) is 22.2. The van der Waals surface area contributed by atoms with E-state index >= 15 is 0 Å². The zero-order valence-corrected chi connectivity index (χ0v) is 17.9. The molecule has 1 aliphatic heterocycles. The largest absolute Gasteiger partial charge is 0.416 e. The van der Waals surface area contributed by atoms with Gasteiger partial charge in [0.05, 0.1) is 11.3 Å². The number of rotatable bonds is 5. The average Bonchev–Trinajstić information content (AvgIpc) is 2.71. The maximum Gasteiger partial charge on any atom is 0.416 e. The van der Waals surface area contributed by atoms with Crippen LogP contribution in [0.25, 0.3) is 0 Å². The highest BCUT2D eigenvalue weighted by atomic mass is 32.2. The fraction of sp³-hybridized carbons (Fsp3) is 0.550. The lowest BCUT2D eigenvalue weighted by molar-refractivity contribution is -0.137. The number of nitrogens with zero attached hydrogens (tertiary/aromatic N) is 2. The van der Waals surface area contributed by atoms with Crippen molar-refractivity contribution in [3.05, 3.63) is 35.4 Å². The lowest BCUT2D eigenvalue weighted by atomic mass is 10.1. The van der Waals surface area contributed by atoms with Crippen molar-refractivity contribution in [3.63, 3.8) is 0 Å². The number of piperidine rings is 1. The third kappa shape index (κ3) is 7.22. The van der Waals surface area contributed by atoms with Gasteiger partial charge in [0.25, 0.3) is 0 Å². The van der Waals surface area contributed by atoms with Gasteiger partial charge < -0.3 is 10.6 Å². The van der Waals surface area contributed by atoms with Gasteiger partial charge in [-0.25, -0.2) is 17.7 Å². The van der Waals surface area contributed by atoms with Crippen LogP contribution in [0.3, 0.4) is 0 Å². The first-order valence-corrected chi connectivity index (χ1v) is 11.5. The Morgan fingerprint density at radius 1 is 1.27 bits per heavy atom. The van der Waals surface area contributed by atoms with Crippen molar-refractivity contribution < 1.29 is 21.6 Å². The van der Waals surface area contributed by atoms with Gasteiger partial charge in [0.15, 0.2) is 5.96 Å². The molecule has 0 aromatic heterocycles. The highest BCUT2D eigenvalue weighted by Crippen LogP contribution is 2.29. The molecule has 1 fully saturated rings. The number of nitrogens with one attached hydrogen (secondary N) is 2. The first kappa shape index (κ1) is 24.0. The topological polar surface area (TPSA) is 73.8 Å². The molecule has 166 valence electrons. The van der Waals surface area contributed by atoms with E-state index in [-0.39, 0.29) is 23.9 Å². The molecule has 0 radical (unpaired) electrons. The molecule has 1 saturated heterocycles. The van der Waals surface area contributed by atoms with E-state index in [1.807, 2.05) is 6.92 Å². The van der Waals surface area contributed by atoms with Gasteiger partial charge in [0.2, 0.25) is 10.0 Å². The molecule has 1 heterocycles. The number of halogens is 3. The van der Waals surface area contributed by atoms with E-state index < -0.39 is 21.8 Å². The van der Waals surface area contributed by atoms with E-state index in [9.17, 15) is 21.6 Å². The average molecular weight is 445 g/mol. The SMILES string of the molecule is CCNC(=NCC#Cc1cccc(C(F)(F)F)c1)NC1CCN(S(=O)(=O)CC)CC1. The van der Waals surface area contributed by atoms with Gasteiger partial charge in [-0.05, 0) is 44.9 Å². The van der Waals surface area contributed by atoms with Crippen molar-refractivity contribution >= 4 is 16.0 Å². The quantitative estimate of drug-likeness (QED) is 0.416. The second kappa shape index (κ2) is 10.7. The summed E-state index contributed by atoms with van der Waals surface area (Å²) in [5, 5.41) is 6.38. The van der Waals surface area contributed by atoms with E-state index in [0.29, 0.717) is 38.4 Å². The summed E-state index contributed by atoms with van der Waals surface area (Å²) < 4.78 is 63.7. The van der Waals surface area contributed by atoms with E-state index in [0.717, 1.165) is 12.1 Å². The standard InChI is InChI=1S/C20H27F3N4O2S/c1-3-24-19(26-18-10-13-27(14-11-18)30(28,29)4-2)25-12-6-8-16-7-5-9-17(15-16)20(21,22)23/h5,7,9,15,18H,3-4,10-14H2,1-2H3,(H2,24,25,26). The molecule has 1 aromatic carbocycles. The van der Waals surface area contributed by atoms with E-state index in [4.69, 9.17) is 0 Å². The summed E-state index contributed by atoms with van der Waals surface area (Å²) in [4.78, 5) is 4.34. The molecule has 0 unspecified atom stereocenters. The Morgan fingerprint density at radius 3 is 2.57 bits per heavy atom. The fourth-order valence-electron chi connectivity index (χ4n) is 3.01. The van der Waals surface area contributed by atoms with Crippen molar-refractivity contribution in [1.82, 2.24) is 14.9 Å². The molecule has 2 rings (SSSR count). The van der Waals surface area contributed by atoms with Crippen LogP contribution in [-0.2, 0) is 16.2 Å². The van der Waals surface area contributed by atoms with Crippen LogP contribution < -0.4 is 10.6 Å². The molecule has 1 aliphatic rings. The van der Waals surface area contributed by atoms with Crippen LogP contribution >= 0.6 is 0 Å². The molecule has 0 amide bonds. The third-order valence-electron chi connectivity index (χ3n) is 4.64. The Morgan fingerprint density at radius 2 is 1.97 bits per heavy atom. The molecule has 0 bridgehead atoms. The molecule has 0 spiro atoms. The zero-order valence-electron chi connectivity index (χ0n) is 17.1. The molecule has 0 aliphatic carbocycles. The Kier molecular flexibility index (Phi) is 8.55. The van der Waals surface area contributed by atoms with Gasteiger partial charge >= 0.3 is 6.18 Å². The maximum atomic E-state index is 12.8. The Labute approximate surface area is 176 Å². The molecule has 0 saturated carbocycles. The van der Waals surface area contributed by atoms with Crippen molar-refractivity contribution in [2.75, 3.05) is 31.9 Å². The van der Waals surface area contributed by atoms with Crippen molar-refractivity contribution in [1.29, 1.82) is 0 Å². The number of sulfonamides is 1. The summed E-state index contributed by atoms with van der Waals surface area (Å²) in [5.41, 5.74) is -0.452. The predicted molar refractivity (Wildman–Crippen MR) is 111 cm³/mol.